The average Bonchev–Trinajstić information content (AvgIpc) is 2.72. The van der Waals surface area contributed by atoms with E-state index in [2.05, 4.69) is 12.6 Å². The number of hydrogen-bond donors (Lipinski definition) is 1. The molecule has 1 aromatic carbocycles. The van der Waals surface area contributed by atoms with Crippen LogP contribution in [0, 0.1) is 11.8 Å². The van der Waals surface area contributed by atoms with E-state index in [1.807, 2.05) is 38.1 Å². The third-order valence-corrected chi connectivity index (χ3v) is 5.19. The zero-order valence-electron chi connectivity index (χ0n) is 14.2. The summed E-state index contributed by atoms with van der Waals surface area (Å²) in [5.41, 5.74) is 1.16. The zero-order chi connectivity index (χ0) is 17.1. The van der Waals surface area contributed by atoms with Crippen LogP contribution in [0.5, 0.6) is 0 Å². The molecular formula is C18H25NO3S. The molecule has 1 saturated heterocycles. The van der Waals surface area contributed by atoms with Crippen LogP contribution in [-0.2, 0) is 14.3 Å². The fourth-order valence-electron chi connectivity index (χ4n) is 3.27. The molecule has 5 heteroatoms. The van der Waals surface area contributed by atoms with Crippen molar-refractivity contribution < 1.29 is 14.3 Å². The van der Waals surface area contributed by atoms with Gasteiger partial charge in [0.2, 0.25) is 11.8 Å². The highest BCUT2D eigenvalue weighted by Gasteiger charge is 2.43. The minimum absolute atomic E-state index is 0.0663. The normalized spacial score (nSPS) is 24.1. The number of imide groups is 1. The summed E-state index contributed by atoms with van der Waals surface area (Å²) in [4.78, 5) is 26.6. The monoisotopic (exact) mass is 335 g/mol. The maximum Gasteiger partial charge on any atom is 0.232 e. The molecule has 0 saturated carbocycles. The van der Waals surface area contributed by atoms with Crippen LogP contribution in [0.2, 0.25) is 0 Å². The van der Waals surface area contributed by atoms with Gasteiger partial charge in [-0.25, -0.2) is 0 Å². The van der Waals surface area contributed by atoms with Crippen LogP contribution in [0.4, 0.5) is 0 Å². The highest BCUT2D eigenvalue weighted by molar-refractivity contribution is 7.80. The Balaban J connectivity index is 2.22. The summed E-state index contributed by atoms with van der Waals surface area (Å²) >= 11 is 4.33. The van der Waals surface area contributed by atoms with Gasteiger partial charge in [0.25, 0.3) is 0 Å². The average molecular weight is 335 g/mol. The number of ether oxygens (including phenoxy) is 1. The number of amides is 2. The Morgan fingerprint density at radius 3 is 2.30 bits per heavy atom. The molecule has 1 aromatic rings. The van der Waals surface area contributed by atoms with Gasteiger partial charge < -0.3 is 4.74 Å². The van der Waals surface area contributed by atoms with Crippen molar-refractivity contribution in [3.63, 3.8) is 0 Å². The van der Waals surface area contributed by atoms with Crippen molar-refractivity contribution >= 4 is 24.4 Å². The van der Waals surface area contributed by atoms with E-state index in [4.69, 9.17) is 4.74 Å². The molecule has 0 aromatic heterocycles. The minimum atomic E-state index is -0.253. The molecule has 4 unspecified atom stereocenters. The number of benzene rings is 1. The molecule has 2 amide bonds. The number of thiol groups is 1. The fourth-order valence-corrected chi connectivity index (χ4v) is 3.42. The van der Waals surface area contributed by atoms with Gasteiger partial charge >= 0.3 is 0 Å². The lowest BCUT2D eigenvalue weighted by Gasteiger charge is -2.24. The standard InChI is InChI=1S/C18H25NO3S/c1-11(22-4)9-14(13-5-7-15(23)8-6-13)10-16-12(2)17(20)19(3)18(16)21/h5-8,11-12,14,16,23H,9-10H2,1-4H3. The van der Waals surface area contributed by atoms with Gasteiger partial charge in [-0.2, -0.15) is 0 Å². The van der Waals surface area contributed by atoms with Gasteiger partial charge in [0, 0.05) is 25.0 Å². The third kappa shape index (κ3) is 3.96. The van der Waals surface area contributed by atoms with E-state index < -0.39 is 0 Å². The van der Waals surface area contributed by atoms with E-state index >= 15 is 0 Å². The van der Waals surface area contributed by atoms with E-state index in [0.29, 0.717) is 6.42 Å². The second kappa shape index (κ2) is 7.49. The Morgan fingerprint density at radius 1 is 1.22 bits per heavy atom. The molecule has 1 fully saturated rings. The molecule has 2 rings (SSSR count). The van der Waals surface area contributed by atoms with Gasteiger partial charge in [-0.05, 0) is 43.4 Å². The number of likely N-dealkylation sites (tertiary alicyclic amines) is 1. The molecule has 4 nitrogen and oxygen atoms in total. The maximum atomic E-state index is 12.4. The Kier molecular flexibility index (Phi) is 5.87. The molecule has 126 valence electrons. The molecule has 0 N–H and O–H groups in total. The van der Waals surface area contributed by atoms with Crippen LogP contribution in [0.15, 0.2) is 29.2 Å². The van der Waals surface area contributed by atoms with Crippen molar-refractivity contribution in [2.75, 3.05) is 14.2 Å². The third-order valence-electron chi connectivity index (χ3n) is 4.89. The summed E-state index contributed by atoms with van der Waals surface area (Å²) in [6, 6.07) is 8.01. The van der Waals surface area contributed by atoms with Crippen LogP contribution in [0.25, 0.3) is 0 Å². The van der Waals surface area contributed by atoms with Crippen molar-refractivity contribution in [3.8, 4) is 0 Å². The summed E-state index contributed by atoms with van der Waals surface area (Å²) in [7, 11) is 3.27. The van der Waals surface area contributed by atoms with Gasteiger partial charge in [-0.3, -0.25) is 14.5 Å². The number of carbonyl (C=O) groups excluding carboxylic acids is 2. The number of rotatable bonds is 6. The predicted octanol–water partition coefficient (Wildman–Crippen LogP) is 3.12. The number of nitrogens with zero attached hydrogens (tertiary/aromatic N) is 1. The van der Waals surface area contributed by atoms with Crippen LogP contribution in [0.1, 0.15) is 38.2 Å². The van der Waals surface area contributed by atoms with Crippen molar-refractivity contribution in [1.82, 2.24) is 4.90 Å². The van der Waals surface area contributed by atoms with Crippen molar-refractivity contribution in [2.45, 2.75) is 43.6 Å². The SMILES string of the molecule is COC(C)CC(CC1C(=O)N(C)C(=O)C1C)c1ccc(S)cc1. The van der Waals surface area contributed by atoms with Gasteiger partial charge in [-0.15, -0.1) is 12.6 Å². The smallest absolute Gasteiger partial charge is 0.232 e. The zero-order valence-corrected chi connectivity index (χ0v) is 15.0. The maximum absolute atomic E-state index is 12.4. The number of carbonyl (C=O) groups is 2. The largest absolute Gasteiger partial charge is 0.382 e. The van der Waals surface area contributed by atoms with E-state index in [1.54, 1.807) is 14.2 Å². The lowest BCUT2D eigenvalue weighted by atomic mass is 9.81. The van der Waals surface area contributed by atoms with E-state index in [9.17, 15) is 9.59 Å². The lowest BCUT2D eigenvalue weighted by molar-refractivity contribution is -0.138. The van der Waals surface area contributed by atoms with Gasteiger partial charge in [-0.1, -0.05) is 19.1 Å². The predicted molar refractivity (Wildman–Crippen MR) is 92.6 cm³/mol. The first-order chi connectivity index (χ1) is 10.8. The molecule has 0 radical (unpaired) electrons. The molecule has 1 aliphatic rings. The van der Waals surface area contributed by atoms with Gasteiger partial charge in [0.15, 0.2) is 0 Å². The number of methoxy groups -OCH3 is 1. The van der Waals surface area contributed by atoms with Crippen LogP contribution in [-0.4, -0.2) is 37.0 Å². The van der Waals surface area contributed by atoms with Gasteiger partial charge in [0.05, 0.1) is 12.0 Å². The summed E-state index contributed by atoms with van der Waals surface area (Å²) in [5.74, 6) is -0.476. The highest BCUT2D eigenvalue weighted by atomic mass is 32.1. The van der Waals surface area contributed by atoms with Gasteiger partial charge in [0.1, 0.15) is 0 Å². The lowest BCUT2D eigenvalue weighted by Crippen LogP contribution is -2.26. The molecule has 1 heterocycles. The molecular weight excluding hydrogens is 310 g/mol. The van der Waals surface area contributed by atoms with E-state index in [0.717, 1.165) is 16.9 Å². The first-order valence-electron chi connectivity index (χ1n) is 7.98. The molecule has 1 aliphatic heterocycles. The first-order valence-corrected chi connectivity index (χ1v) is 8.43. The Morgan fingerprint density at radius 2 is 1.83 bits per heavy atom. The molecule has 23 heavy (non-hydrogen) atoms. The summed E-state index contributed by atoms with van der Waals surface area (Å²) in [6.07, 6.45) is 1.57. The van der Waals surface area contributed by atoms with Crippen molar-refractivity contribution in [3.05, 3.63) is 29.8 Å². The van der Waals surface area contributed by atoms with E-state index in [1.165, 1.54) is 4.90 Å². The van der Waals surface area contributed by atoms with Crippen LogP contribution < -0.4 is 0 Å². The highest BCUT2D eigenvalue weighted by Crippen LogP contribution is 2.36. The summed E-state index contributed by atoms with van der Waals surface area (Å²) in [5, 5.41) is 0. The van der Waals surface area contributed by atoms with Crippen molar-refractivity contribution in [2.24, 2.45) is 11.8 Å². The Bertz CT molecular complexity index is 572. The Hall–Kier alpha value is -1.33. The molecule has 4 atom stereocenters. The molecule has 0 bridgehead atoms. The first kappa shape index (κ1) is 18.0. The van der Waals surface area contributed by atoms with Crippen LogP contribution >= 0.6 is 12.6 Å². The quantitative estimate of drug-likeness (QED) is 0.642. The Labute approximate surface area is 143 Å². The topological polar surface area (TPSA) is 46.6 Å². The fraction of sp³-hybridized carbons (Fsp3) is 0.556. The van der Waals surface area contributed by atoms with E-state index in [-0.39, 0.29) is 35.7 Å². The van der Waals surface area contributed by atoms with Crippen molar-refractivity contribution in [1.29, 1.82) is 0 Å². The van der Waals surface area contributed by atoms with Crippen LogP contribution in [0.3, 0.4) is 0 Å². The number of hydrogen-bond acceptors (Lipinski definition) is 4. The second-order valence-corrected chi connectivity index (χ2v) is 6.95. The second-order valence-electron chi connectivity index (χ2n) is 6.44. The summed E-state index contributed by atoms with van der Waals surface area (Å²) < 4.78 is 5.41. The molecule has 0 aliphatic carbocycles. The molecule has 0 spiro atoms. The summed E-state index contributed by atoms with van der Waals surface area (Å²) in [6.45, 7) is 3.87. The minimum Gasteiger partial charge on any atom is -0.382 e.